The fourth-order valence-corrected chi connectivity index (χ4v) is 2.90. The smallest absolute Gasteiger partial charge is 0.319 e. The molecule has 11 heteroatoms. The minimum atomic E-state index is -0.613. The summed E-state index contributed by atoms with van der Waals surface area (Å²) in [5, 5.41) is 9.27. The van der Waals surface area contributed by atoms with E-state index in [1.807, 2.05) is 13.8 Å². The summed E-state index contributed by atoms with van der Waals surface area (Å²) < 4.78 is 21.7. The number of urea groups is 1. The monoisotopic (exact) mass is 463 g/mol. The lowest BCUT2D eigenvalue weighted by molar-refractivity contribution is 0.240. The van der Waals surface area contributed by atoms with E-state index in [1.165, 1.54) is 23.1 Å². The summed E-state index contributed by atoms with van der Waals surface area (Å²) in [5.74, 6) is 0.567. The number of ether oxygens (including phenoxy) is 1. The summed E-state index contributed by atoms with van der Waals surface area (Å²) in [6.07, 6.45) is 4.38. The molecule has 0 bridgehead atoms. The first kappa shape index (κ1) is 20.6. The SMILES string of the molecule is CC(C)Oc1cc(NC(=O)NC(C)c2ncnn2-c2ncccn2)c(F)cc1Br. The number of nitrogens with one attached hydrogen (secondary N) is 2. The van der Waals surface area contributed by atoms with Gasteiger partial charge < -0.3 is 15.4 Å². The van der Waals surface area contributed by atoms with Gasteiger partial charge in [0.1, 0.15) is 17.9 Å². The number of anilines is 1. The van der Waals surface area contributed by atoms with E-state index in [-0.39, 0.29) is 11.8 Å². The largest absolute Gasteiger partial charge is 0.490 e. The molecule has 1 unspecified atom stereocenters. The number of halogens is 2. The van der Waals surface area contributed by atoms with Crippen molar-refractivity contribution < 1.29 is 13.9 Å². The van der Waals surface area contributed by atoms with Gasteiger partial charge in [0.2, 0.25) is 0 Å². The van der Waals surface area contributed by atoms with E-state index in [9.17, 15) is 9.18 Å². The van der Waals surface area contributed by atoms with Crippen LogP contribution in [0.25, 0.3) is 5.95 Å². The zero-order chi connectivity index (χ0) is 21.0. The molecule has 0 aliphatic carbocycles. The lowest BCUT2D eigenvalue weighted by Gasteiger charge is -2.16. The third-order valence-electron chi connectivity index (χ3n) is 3.68. The van der Waals surface area contributed by atoms with Crippen LogP contribution in [0.4, 0.5) is 14.9 Å². The van der Waals surface area contributed by atoms with E-state index < -0.39 is 17.9 Å². The fraction of sp³-hybridized carbons (Fsp3) is 0.278. The van der Waals surface area contributed by atoms with E-state index in [0.29, 0.717) is 22.0 Å². The standard InChI is InChI=1S/C18H19BrFN7O2/c1-10(2)29-15-8-14(13(20)7-12(15)19)26-18(28)25-11(3)16-23-9-24-27(16)17-21-5-4-6-22-17/h4-11H,1-3H3,(H2,25,26,28). The topological polar surface area (TPSA) is 107 Å². The highest BCUT2D eigenvalue weighted by Gasteiger charge is 2.19. The van der Waals surface area contributed by atoms with Crippen molar-refractivity contribution in [1.29, 1.82) is 0 Å². The third-order valence-corrected chi connectivity index (χ3v) is 4.30. The van der Waals surface area contributed by atoms with E-state index in [4.69, 9.17) is 4.74 Å². The normalized spacial score (nSPS) is 11.9. The highest BCUT2D eigenvalue weighted by Crippen LogP contribution is 2.31. The fourth-order valence-electron chi connectivity index (χ4n) is 2.49. The number of carbonyl (C=O) groups is 1. The van der Waals surface area contributed by atoms with Crippen molar-refractivity contribution in [3.8, 4) is 11.7 Å². The number of aromatic nitrogens is 5. The van der Waals surface area contributed by atoms with E-state index in [2.05, 4.69) is 46.6 Å². The summed E-state index contributed by atoms with van der Waals surface area (Å²) in [7, 11) is 0. The summed E-state index contributed by atoms with van der Waals surface area (Å²) in [6.45, 7) is 5.42. The van der Waals surface area contributed by atoms with Crippen LogP contribution in [0.15, 0.2) is 41.4 Å². The molecule has 0 aliphatic rings. The minimum Gasteiger partial charge on any atom is -0.490 e. The second kappa shape index (κ2) is 8.95. The van der Waals surface area contributed by atoms with Crippen LogP contribution < -0.4 is 15.4 Å². The van der Waals surface area contributed by atoms with Gasteiger partial charge in [-0.2, -0.15) is 9.78 Å². The zero-order valence-electron chi connectivity index (χ0n) is 15.9. The molecule has 0 spiro atoms. The molecule has 152 valence electrons. The first-order valence-electron chi connectivity index (χ1n) is 8.75. The molecule has 3 aromatic rings. The Balaban J connectivity index is 1.73. The highest BCUT2D eigenvalue weighted by atomic mass is 79.9. The van der Waals surface area contributed by atoms with Crippen LogP contribution in [-0.2, 0) is 0 Å². The lowest BCUT2D eigenvalue weighted by Crippen LogP contribution is -2.33. The second-order valence-corrected chi connectivity index (χ2v) is 7.18. The van der Waals surface area contributed by atoms with Crippen molar-refractivity contribution in [2.75, 3.05) is 5.32 Å². The minimum absolute atomic E-state index is 0.0126. The van der Waals surface area contributed by atoms with Crippen molar-refractivity contribution in [2.24, 2.45) is 0 Å². The molecule has 9 nitrogen and oxygen atoms in total. The molecule has 2 amide bonds. The zero-order valence-corrected chi connectivity index (χ0v) is 17.5. The second-order valence-electron chi connectivity index (χ2n) is 6.33. The summed E-state index contributed by atoms with van der Waals surface area (Å²) in [4.78, 5) is 24.8. The number of rotatable bonds is 6. The quantitative estimate of drug-likeness (QED) is 0.577. The van der Waals surface area contributed by atoms with Crippen LogP contribution in [0.2, 0.25) is 0 Å². The van der Waals surface area contributed by atoms with Crippen LogP contribution in [0.3, 0.4) is 0 Å². The number of hydrogen-bond acceptors (Lipinski definition) is 6. The van der Waals surface area contributed by atoms with E-state index in [0.717, 1.165) is 0 Å². The maximum absolute atomic E-state index is 14.3. The molecule has 1 atom stereocenters. The van der Waals surface area contributed by atoms with Gasteiger partial charge in [-0.15, -0.1) is 0 Å². The maximum Gasteiger partial charge on any atom is 0.319 e. The van der Waals surface area contributed by atoms with Crippen molar-refractivity contribution in [3.63, 3.8) is 0 Å². The molecular weight excluding hydrogens is 445 g/mol. The molecule has 0 saturated heterocycles. The van der Waals surface area contributed by atoms with Crippen LogP contribution in [0, 0.1) is 5.82 Å². The Bertz CT molecular complexity index is 997. The molecule has 0 aliphatic heterocycles. The van der Waals surface area contributed by atoms with Crippen LogP contribution in [-0.4, -0.2) is 36.9 Å². The van der Waals surface area contributed by atoms with Gasteiger partial charge in [0, 0.05) is 18.5 Å². The Morgan fingerprint density at radius 3 is 2.62 bits per heavy atom. The summed E-state index contributed by atoms with van der Waals surface area (Å²) in [5.41, 5.74) is -0.0126. The van der Waals surface area contributed by atoms with Crippen molar-refractivity contribution in [1.82, 2.24) is 30.0 Å². The van der Waals surface area contributed by atoms with E-state index in [1.54, 1.807) is 25.4 Å². The predicted octanol–water partition coefficient (Wildman–Crippen LogP) is 3.63. The van der Waals surface area contributed by atoms with Gasteiger partial charge in [0.25, 0.3) is 5.95 Å². The van der Waals surface area contributed by atoms with Gasteiger partial charge in [-0.25, -0.2) is 24.1 Å². The van der Waals surface area contributed by atoms with Crippen molar-refractivity contribution in [2.45, 2.75) is 32.9 Å². The van der Waals surface area contributed by atoms with Gasteiger partial charge in [-0.05, 0) is 48.8 Å². The van der Waals surface area contributed by atoms with Gasteiger partial charge in [-0.3, -0.25) is 0 Å². The number of carbonyl (C=O) groups excluding carboxylic acids is 1. The Labute approximate surface area is 174 Å². The van der Waals surface area contributed by atoms with Gasteiger partial charge in [0.15, 0.2) is 5.82 Å². The number of nitrogens with zero attached hydrogens (tertiary/aromatic N) is 5. The molecule has 0 saturated carbocycles. The molecular formula is C18H19BrFN7O2. The lowest BCUT2D eigenvalue weighted by atomic mass is 10.2. The van der Waals surface area contributed by atoms with Crippen molar-refractivity contribution in [3.05, 3.63) is 53.0 Å². The van der Waals surface area contributed by atoms with Gasteiger partial charge in [-0.1, -0.05) is 0 Å². The molecule has 3 rings (SSSR count). The van der Waals surface area contributed by atoms with E-state index >= 15 is 0 Å². The number of hydrogen-bond donors (Lipinski definition) is 2. The van der Waals surface area contributed by atoms with Crippen LogP contribution in [0.1, 0.15) is 32.6 Å². The molecule has 29 heavy (non-hydrogen) atoms. The Morgan fingerprint density at radius 1 is 1.21 bits per heavy atom. The van der Waals surface area contributed by atoms with Crippen LogP contribution >= 0.6 is 15.9 Å². The van der Waals surface area contributed by atoms with Crippen LogP contribution in [0.5, 0.6) is 5.75 Å². The van der Waals surface area contributed by atoms with Crippen molar-refractivity contribution >= 4 is 27.6 Å². The summed E-state index contributed by atoms with van der Waals surface area (Å²) >= 11 is 3.25. The van der Waals surface area contributed by atoms with Gasteiger partial charge >= 0.3 is 6.03 Å². The van der Waals surface area contributed by atoms with Gasteiger partial charge in [0.05, 0.1) is 22.3 Å². The Hall–Kier alpha value is -3.08. The average Bonchev–Trinajstić information content (AvgIpc) is 3.16. The molecule has 2 heterocycles. The average molecular weight is 464 g/mol. The third kappa shape index (κ3) is 5.05. The predicted molar refractivity (Wildman–Crippen MR) is 107 cm³/mol. The Kier molecular flexibility index (Phi) is 6.37. The molecule has 0 fully saturated rings. The molecule has 2 aromatic heterocycles. The first-order valence-corrected chi connectivity index (χ1v) is 9.55. The highest BCUT2D eigenvalue weighted by molar-refractivity contribution is 9.10. The maximum atomic E-state index is 14.3. The Morgan fingerprint density at radius 2 is 1.93 bits per heavy atom. The number of amides is 2. The summed E-state index contributed by atoms with van der Waals surface area (Å²) in [6, 6.07) is 3.17. The first-order chi connectivity index (χ1) is 13.8. The molecule has 2 N–H and O–H groups in total. The molecule has 1 aromatic carbocycles. The number of benzene rings is 1. The molecule has 0 radical (unpaired) electrons.